The third-order valence-corrected chi connectivity index (χ3v) is 5.81. The van der Waals surface area contributed by atoms with Crippen LogP contribution in [0.2, 0.25) is 5.02 Å². The molecule has 1 aliphatic rings. The minimum absolute atomic E-state index is 0.279. The second-order valence-electron chi connectivity index (χ2n) is 6.59. The molecule has 158 valence electrons. The average molecular weight is 454 g/mol. The predicted molar refractivity (Wildman–Crippen MR) is 127 cm³/mol. The van der Waals surface area contributed by atoms with Gasteiger partial charge in [0.25, 0.3) is 5.91 Å². The van der Waals surface area contributed by atoms with Gasteiger partial charge in [-0.25, -0.2) is 4.98 Å². The van der Waals surface area contributed by atoms with Gasteiger partial charge in [-0.1, -0.05) is 35.9 Å². The number of ether oxygens (including phenoxy) is 1. The summed E-state index contributed by atoms with van der Waals surface area (Å²) >= 11 is 7.49. The molecular formula is C22H20ClN5O2S. The van der Waals surface area contributed by atoms with Gasteiger partial charge in [0.15, 0.2) is 5.17 Å². The highest BCUT2D eigenvalue weighted by Gasteiger charge is 2.22. The lowest BCUT2D eigenvalue weighted by molar-refractivity contribution is -0.113. The number of thioether (sulfide) groups is 1. The molecule has 0 bridgehead atoms. The maximum atomic E-state index is 12.4. The molecule has 2 heterocycles. The molecule has 31 heavy (non-hydrogen) atoms. The third kappa shape index (κ3) is 4.81. The van der Waals surface area contributed by atoms with Crippen LogP contribution in [-0.4, -0.2) is 34.7 Å². The fourth-order valence-electron chi connectivity index (χ4n) is 3.02. The van der Waals surface area contributed by atoms with Gasteiger partial charge in [0.2, 0.25) is 11.8 Å². The molecule has 0 aliphatic carbocycles. The molecule has 2 aromatic carbocycles. The Labute approximate surface area is 189 Å². The quantitative estimate of drug-likeness (QED) is 0.532. The number of hydrogen-bond donors (Lipinski definition) is 2. The first kappa shape index (κ1) is 21.1. The number of rotatable bonds is 6. The number of nitrogens with one attached hydrogen (secondary N) is 2. The van der Waals surface area contributed by atoms with Crippen LogP contribution in [0.4, 0.5) is 5.95 Å². The lowest BCUT2D eigenvalue weighted by Crippen LogP contribution is -2.18. The minimum Gasteiger partial charge on any atom is -0.477 e. The van der Waals surface area contributed by atoms with Gasteiger partial charge < -0.3 is 15.4 Å². The van der Waals surface area contributed by atoms with Crippen LogP contribution in [0.1, 0.15) is 18.1 Å². The summed E-state index contributed by atoms with van der Waals surface area (Å²) in [5.74, 6) is 0.714. The number of nitrogens with zero attached hydrogens (tertiary/aromatic N) is 3. The van der Waals surface area contributed by atoms with Gasteiger partial charge in [-0.05, 0) is 54.1 Å². The zero-order valence-electron chi connectivity index (χ0n) is 17.0. The molecule has 0 saturated carbocycles. The Hall–Kier alpha value is -3.10. The minimum atomic E-state index is -0.279. The van der Waals surface area contributed by atoms with Crippen LogP contribution in [0.5, 0.6) is 5.88 Å². The van der Waals surface area contributed by atoms with Crippen molar-refractivity contribution in [2.75, 3.05) is 19.0 Å². The van der Waals surface area contributed by atoms with Gasteiger partial charge in [0, 0.05) is 18.6 Å². The fourth-order valence-corrected chi connectivity index (χ4v) is 4.03. The summed E-state index contributed by atoms with van der Waals surface area (Å²) in [5.41, 5.74) is 2.54. The van der Waals surface area contributed by atoms with Crippen LogP contribution < -0.4 is 15.4 Å². The number of fused-ring (bicyclic) bond motifs is 1. The summed E-state index contributed by atoms with van der Waals surface area (Å²) < 4.78 is 5.68. The highest BCUT2D eigenvalue weighted by molar-refractivity contribution is 8.18. The SMILES string of the molecule is CCOc1nc(NC)nc2ccc(/C=C3/SC(NCc4ccccc4Cl)=NC3=O)cc12. The molecule has 0 fully saturated rings. The first-order chi connectivity index (χ1) is 15.1. The van der Waals surface area contributed by atoms with E-state index in [2.05, 4.69) is 25.6 Å². The molecular weight excluding hydrogens is 434 g/mol. The van der Waals surface area contributed by atoms with Crippen molar-refractivity contribution in [1.29, 1.82) is 0 Å². The molecule has 0 unspecified atom stereocenters. The van der Waals surface area contributed by atoms with Crippen LogP contribution >= 0.6 is 23.4 Å². The topological polar surface area (TPSA) is 88.5 Å². The number of carbonyl (C=O) groups excluding carboxylic acids is 1. The largest absolute Gasteiger partial charge is 0.477 e. The molecule has 1 aromatic heterocycles. The summed E-state index contributed by atoms with van der Waals surface area (Å²) in [5, 5.41) is 8.11. The van der Waals surface area contributed by atoms with Crippen molar-refractivity contribution in [2.24, 2.45) is 4.99 Å². The Morgan fingerprint density at radius 2 is 2.03 bits per heavy atom. The predicted octanol–water partition coefficient (Wildman–Crippen LogP) is 4.48. The van der Waals surface area contributed by atoms with E-state index in [-0.39, 0.29) is 5.91 Å². The van der Waals surface area contributed by atoms with Gasteiger partial charge in [-0.3, -0.25) is 4.79 Å². The van der Waals surface area contributed by atoms with Crippen LogP contribution in [0.25, 0.3) is 17.0 Å². The maximum Gasteiger partial charge on any atom is 0.286 e. The second-order valence-corrected chi connectivity index (χ2v) is 8.03. The van der Waals surface area contributed by atoms with Crippen LogP contribution in [0.15, 0.2) is 52.4 Å². The first-order valence-corrected chi connectivity index (χ1v) is 10.9. The van der Waals surface area contributed by atoms with Gasteiger partial charge in [0.05, 0.1) is 22.4 Å². The molecule has 1 amide bonds. The standard InChI is InChI=1S/C22H20ClN5O2S/c1-3-30-20-15-10-13(8-9-17(15)26-21(24-2)28-20)11-18-19(29)27-22(31-18)25-12-14-6-4-5-7-16(14)23/h4-11H,3,12H2,1-2H3,(H,24,26,28)(H,25,27,29)/b18-11+. The first-order valence-electron chi connectivity index (χ1n) is 9.69. The van der Waals surface area contributed by atoms with Gasteiger partial charge in [0.1, 0.15) is 0 Å². The number of benzene rings is 2. The highest BCUT2D eigenvalue weighted by atomic mass is 35.5. The molecule has 9 heteroatoms. The molecule has 2 N–H and O–H groups in total. The van der Waals surface area contributed by atoms with E-state index >= 15 is 0 Å². The summed E-state index contributed by atoms with van der Waals surface area (Å²) in [6.07, 6.45) is 1.81. The van der Waals surface area contributed by atoms with E-state index in [1.165, 1.54) is 11.8 Å². The Morgan fingerprint density at radius 3 is 2.81 bits per heavy atom. The monoisotopic (exact) mass is 453 g/mol. The van der Waals surface area contributed by atoms with Gasteiger partial charge in [-0.15, -0.1) is 0 Å². The lowest BCUT2D eigenvalue weighted by atomic mass is 10.1. The normalized spacial score (nSPS) is 14.7. The summed E-state index contributed by atoms with van der Waals surface area (Å²) in [7, 11) is 1.76. The van der Waals surface area contributed by atoms with Crippen molar-refractivity contribution in [3.63, 3.8) is 0 Å². The Balaban J connectivity index is 1.54. The number of anilines is 1. The van der Waals surface area contributed by atoms with Crippen LogP contribution in [0, 0.1) is 0 Å². The van der Waals surface area contributed by atoms with E-state index in [9.17, 15) is 4.79 Å². The second kappa shape index (κ2) is 9.36. The Morgan fingerprint density at radius 1 is 1.19 bits per heavy atom. The van der Waals surface area contributed by atoms with Crippen molar-refractivity contribution in [1.82, 2.24) is 15.3 Å². The van der Waals surface area contributed by atoms with E-state index in [1.54, 1.807) is 7.05 Å². The maximum absolute atomic E-state index is 12.4. The Kier molecular flexibility index (Phi) is 6.39. The number of carbonyl (C=O) groups is 1. The van der Waals surface area contributed by atoms with Crippen LogP contribution in [0.3, 0.4) is 0 Å². The molecule has 3 aromatic rings. The number of amidine groups is 1. The third-order valence-electron chi connectivity index (χ3n) is 4.50. The average Bonchev–Trinajstić information content (AvgIpc) is 3.12. The van der Waals surface area contributed by atoms with E-state index in [1.807, 2.05) is 55.5 Å². The molecule has 7 nitrogen and oxygen atoms in total. The molecule has 0 saturated heterocycles. The lowest BCUT2D eigenvalue weighted by Gasteiger charge is -2.09. The molecule has 4 rings (SSSR count). The number of amides is 1. The van der Waals surface area contributed by atoms with Crippen molar-refractivity contribution in [3.05, 3.63) is 63.5 Å². The number of hydrogen-bond acceptors (Lipinski definition) is 7. The molecule has 1 aliphatic heterocycles. The number of aliphatic imine (C=N–C) groups is 1. The summed E-state index contributed by atoms with van der Waals surface area (Å²) in [4.78, 5) is 25.9. The molecule has 0 atom stereocenters. The van der Waals surface area contributed by atoms with Crippen molar-refractivity contribution >= 4 is 57.4 Å². The van der Waals surface area contributed by atoms with Crippen molar-refractivity contribution in [3.8, 4) is 5.88 Å². The fraction of sp³-hybridized carbons (Fsp3) is 0.182. The molecule has 0 spiro atoms. The zero-order valence-corrected chi connectivity index (χ0v) is 18.5. The van der Waals surface area contributed by atoms with Crippen molar-refractivity contribution in [2.45, 2.75) is 13.5 Å². The zero-order chi connectivity index (χ0) is 21.8. The summed E-state index contributed by atoms with van der Waals surface area (Å²) in [6, 6.07) is 13.3. The smallest absolute Gasteiger partial charge is 0.286 e. The van der Waals surface area contributed by atoms with E-state index < -0.39 is 0 Å². The van der Waals surface area contributed by atoms with E-state index in [4.69, 9.17) is 16.3 Å². The Bertz CT molecular complexity index is 1210. The van der Waals surface area contributed by atoms with E-state index in [0.29, 0.717) is 40.1 Å². The highest BCUT2D eigenvalue weighted by Crippen LogP contribution is 2.30. The van der Waals surface area contributed by atoms with E-state index in [0.717, 1.165) is 22.0 Å². The number of aromatic nitrogens is 2. The van der Waals surface area contributed by atoms with Gasteiger partial charge in [-0.2, -0.15) is 9.98 Å². The number of halogens is 1. The van der Waals surface area contributed by atoms with Gasteiger partial charge >= 0.3 is 0 Å². The summed E-state index contributed by atoms with van der Waals surface area (Å²) in [6.45, 7) is 2.88. The van der Waals surface area contributed by atoms with Crippen molar-refractivity contribution < 1.29 is 9.53 Å². The molecule has 0 radical (unpaired) electrons. The van der Waals surface area contributed by atoms with Crippen LogP contribution in [-0.2, 0) is 11.3 Å².